The largest absolute Gasteiger partial charge is 0.464 e. The van der Waals surface area contributed by atoms with E-state index in [2.05, 4.69) is 22.0 Å². The van der Waals surface area contributed by atoms with Gasteiger partial charge in [0.25, 0.3) is 0 Å². The van der Waals surface area contributed by atoms with Crippen molar-refractivity contribution in [2.45, 2.75) is 26.2 Å². The molecule has 2 rings (SSSR count). The molecule has 4 nitrogen and oxygen atoms in total. The van der Waals surface area contributed by atoms with Crippen molar-refractivity contribution in [1.29, 1.82) is 0 Å². The Bertz CT molecular complexity index is 392. The maximum absolute atomic E-state index is 11.2. The number of methoxy groups -OCH3 is 1. The fourth-order valence-corrected chi connectivity index (χ4v) is 2.99. The summed E-state index contributed by atoms with van der Waals surface area (Å²) in [4.78, 5) is 15.4. The number of aromatic nitrogens is 1. The Balaban J connectivity index is 1.83. The molecule has 1 aliphatic carbocycles. The Morgan fingerprint density at radius 1 is 1.65 bits per heavy atom. The van der Waals surface area contributed by atoms with Crippen molar-refractivity contribution in [3.63, 3.8) is 0 Å². The summed E-state index contributed by atoms with van der Waals surface area (Å²) in [6.45, 7) is 3.26. The first-order chi connectivity index (χ1) is 8.19. The number of nitrogens with one attached hydrogen (secondary N) is 1. The fourth-order valence-electron chi connectivity index (χ4n) is 2.30. The number of hydrogen-bond donors (Lipinski definition) is 1. The van der Waals surface area contributed by atoms with Crippen molar-refractivity contribution >= 4 is 22.4 Å². The van der Waals surface area contributed by atoms with Gasteiger partial charge in [0.2, 0.25) is 0 Å². The molecule has 1 heterocycles. The Hall–Kier alpha value is -1.10. The number of hydrogen-bond acceptors (Lipinski definition) is 5. The Morgan fingerprint density at radius 3 is 3.12 bits per heavy atom. The Labute approximate surface area is 105 Å². The van der Waals surface area contributed by atoms with Crippen molar-refractivity contribution in [1.82, 2.24) is 4.98 Å². The van der Waals surface area contributed by atoms with Crippen molar-refractivity contribution in [3.05, 3.63) is 11.1 Å². The molecule has 1 aliphatic rings. The van der Waals surface area contributed by atoms with Crippen LogP contribution in [0.2, 0.25) is 0 Å². The Morgan fingerprint density at radius 2 is 2.47 bits per heavy atom. The average molecular weight is 254 g/mol. The second kappa shape index (κ2) is 5.49. The third-order valence-electron chi connectivity index (χ3n) is 3.24. The van der Waals surface area contributed by atoms with E-state index in [9.17, 15) is 4.79 Å². The van der Waals surface area contributed by atoms with Crippen LogP contribution in [0, 0.1) is 11.8 Å². The molecule has 0 saturated heterocycles. The summed E-state index contributed by atoms with van der Waals surface area (Å²) in [5, 5.41) is 5.84. The molecule has 1 aromatic rings. The van der Waals surface area contributed by atoms with Gasteiger partial charge in [-0.05, 0) is 24.7 Å². The smallest absolute Gasteiger partial charge is 0.357 e. The molecule has 5 heteroatoms. The highest BCUT2D eigenvalue weighted by molar-refractivity contribution is 7.13. The standard InChI is InChI=1S/C12H18N2O2S/c1-8-3-4-9(5-8)6-13-12-14-10(7-17-12)11(15)16-2/h7-9H,3-6H2,1-2H3,(H,13,14). The molecule has 1 N–H and O–H groups in total. The van der Waals surface area contributed by atoms with E-state index in [-0.39, 0.29) is 5.97 Å². The third-order valence-corrected chi connectivity index (χ3v) is 4.04. The molecule has 0 aromatic carbocycles. The van der Waals surface area contributed by atoms with E-state index >= 15 is 0 Å². The minimum atomic E-state index is -0.371. The van der Waals surface area contributed by atoms with Gasteiger partial charge < -0.3 is 10.1 Å². The predicted molar refractivity (Wildman–Crippen MR) is 68.4 cm³/mol. The molecule has 0 amide bonds. The number of thiazole rings is 1. The number of anilines is 1. The molecular formula is C12H18N2O2S. The quantitative estimate of drug-likeness (QED) is 0.839. The monoisotopic (exact) mass is 254 g/mol. The van der Waals surface area contributed by atoms with E-state index in [1.807, 2.05) is 0 Å². The van der Waals surface area contributed by atoms with Crippen LogP contribution in [-0.2, 0) is 4.74 Å². The van der Waals surface area contributed by atoms with E-state index in [1.54, 1.807) is 5.38 Å². The van der Waals surface area contributed by atoms with Crippen molar-refractivity contribution in [2.75, 3.05) is 19.0 Å². The van der Waals surface area contributed by atoms with Gasteiger partial charge in [-0.2, -0.15) is 0 Å². The molecule has 17 heavy (non-hydrogen) atoms. The lowest BCUT2D eigenvalue weighted by molar-refractivity contribution is 0.0595. The molecule has 1 aromatic heterocycles. The van der Waals surface area contributed by atoms with Crippen molar-refractivity contribution < 1.29 is 9.53 Å². The van der Waals surface area contributed by atoms with E-state index in [0.717, 1.165) is 23.5 Å². The zero-order valence-electron chi connectivity index (χ0n) is 10.2. The summed E-state index contributed by atoms with van der Waals surface area (Å²) < 4.78 is 4.62. The van der Waals surface area contributed by atoms with Crippen LogP contribution in [0.25, 0.3) is 0 Å². The highest BCUT2D eigenvalue weighted by Gasteiger charge is 2.21. The summed E-state index contributed by atoms with van der Waals surface area (Å²) >= 11 is 1.45. The summed E-state index contributed by atoms with van der Waals surface area (Å²) in [5.74, 6) is 1.22. The van der Waals surface area contributed by atoms with Gasteiger partial charge in [-0.15, -0.1) is 11.3 Å². The lowest BCUT2D eigenvalue weighted by Crippen LogP contribution is -2.11. The van der Waals surface area contributed by atoms with Crippen LogP contribution in [0.1, 0.15) is 36.7 Å². The molecule has 94 valence electrons. The van der Waals surface area contributed by atoms with E-state index in [0.29, 0.717) is 5.69 Å². The molecule has 0 bridgehead atoms. The van der Waals surface area contributed by atoms with Crippen molar-refractivity contribution in [2.24, 2.45) is 11.8 Å². The van der Waals surface area contributed by atoms with Gasteiger partial charge in [0, 0.05) is 11.9 Å². The first-order valence-electron chi connectivity index (χ1n) is 5.96. The van der Waals surface area contributed by atoms with E-state index < -0.39 is 0 Å². The number of esters is 1. The number of carbonyl (C=O) groups excluding carboxylic acids is 1. The van der Waals surface area contributed by atoms with Gasteiger partial charge in [0.05, 0.1) is 7.11 Å². The second-order valence-electron chi connectivity index (χ2n) is 4.69. The zero-order valence-corrected chi connectivity index (χ0v) is 11.0. The van der Waals surface area contributed by atoms with Crippen LogP contribution in [0.4, 0.5) is 5.13 Å². The van der Waals surface area contributed by atoms with Gasteiger partial charge in [0.1, 0.15) is 0 Å². The normalized spacial score (nSPS) is 23.6. The molecule has 2 unspecified atom stereocenters. The minimum Gasteiger partial charge on any atom is -0.464 e. The van der Waals surface area contributed by atoms with Gasteiger partial charge in [-0.3, -0.25) is 0 Å². The number of rotatable bonds is 4. The first-order valence-corrected chi connectivity index (χ1v) is 6.84. The first kappa shape index (κ1) is 12.4. The van der Waals surface area contributed by atoms with Crippen LogP contribution >= 0.6 is 11.3 Å². The van der Waals surface area contributed by atoms with Crippen LogP contribution in [-0.4, -0.2) is 24.6 Å². The molecular weight excluding hydrogens is 236 g/mol. The SMILES string of the molecule is COC(=O)c1csc(NCC2CCC(C)C2)n1. The summed E-state index contributed by atoms with van der Waals surface area (Å²) in [7, 11) is 1.37. The molecule has 2 atom stereocenters. The van der Waals surface area contributed by atoms with Crippen molar-refractivity contribution in [3.8, 4) is 0 Å². The average Bonchev–Trinajstić information content (AvgIpc) is 2.94. The summed E-state index contributed by atoms with van der Waals surface area (Å²) in [5.41, 5.74) is 0.389. The Kier molecular flexibility index (Phi) is 3.99. The van der Waals surface area contributed by atoms with Crippen LogP contribution in [0.3, 0.4) is 0 Å². The topological polar surface area (TPSA) is 51.2 Å². The molecule has 0 spiro atoms. The lowest BCUT2D eigenvalue weighted by Gasteiger charge is -2.09. The van der Waals surface area contributed by atoms with Gasteiger partial charge in [-0.25, -0.2) is 9.78 Å². The molecule has 1 saturated carbocycles. The zero-order chi connectivity index (χ0) is 12.3. The predicted octanol–water partition coefficient (Wildman–Crippen LogP) is 2.78. The fraction of sp³-hybridized carbons (Fsp3) is 0.667. The maximum Gasteiger partial charge on any atom is 0.357 e. The van der Waals surface area contributed by atoms with E-state index in [4.69, 9.17) is 0 Å². The van der Waals surface area contributed by atoms with Crippen LogP contribution in [0.15, 0.2) is 5.38 Å². The van der Waals surface area contributed by atoms with Gasteiger partial charge in [-0.1, -0.05) is 13.3 Å². The molecule has 1 fully saturated rings. The molecule has 0 aliphatic heterocycles. The lowest BCUT2D eigenvalue weighted by atomic mass is 10.1. The highest BCUT2D eigenvalue weighted by Crippen LogP contribution is 2.30. The van der Waals surface area contributed by atoms with Crippen LogP contribution < -0.4 is 5.32 Å². The number of nitrogens with zero attached hydrogens (tertiary/aromatic N) is 1. The second-order valence-corrected chi connectivity index (χ2v) is 5.55. The number of carbonyl (C=O) groups is 1. The minimum absolute atomic E-state index is 0.371. The maximum atomic E-state index is 11.2. The molecule has 0 radical (unpaired) electrons. The van der Waals surface area contributed by atoms with E-state index in [1.165, 1.54) is 37.7 Å². The summed E-state index contributed by atoms with van der Waals surface area (Å²) in [6, 6.07) is 0. The third kappa shape index (κ3) is 3.19. The number of ether oxygens (including phenoxy) is 1. The van der Waals surface area contributed by atoms with Crippen LogP contribution in [0.5, 0.6) is 0 Å². The highest BCUT2D eigenvalue weighted by atomic mass is 32.1. The van der Waals surface area contributed by atoms with Gasteiger partial charge in [0.15, 0.2) is 10.8 Å². The van der Waals surface area contributed by atoms with Gasteiger partial charge >= 0.3 is 5.97 Å². The summed E-state index contributed by atoms with van der Waals surface area (Å²) in [6.07, 6.45) is 3.92.